The third-order valence-corrected chi connectivity index (χ3v) is 3.80. The summed E-state index contributed by atoms with van der Waals surface area (Å²) in [6, 6.07) is 0.464. The van der Waals surface area contributed by atoms with E-state index in [1.165, 1.54) is 12.8 Å². The van der Waals surface area contributed by atoms with Crippen molar-refractivity contribution < 1.29 is 14.6 Å². The number of carboxylic acids is 1. The van der Waals surface area contributed by atoms with Crippen molar-refractivity contribution >= 4 is 5.97 Å². The van der Waals surface area contributed by atoms with Gasteiger partial charge in [-0.05, 0) is 26.3 Å². The van der Waals surface area contributed by atoms with Gasteiger partial charge in [0.2, 0.25) is 0 Å². The van der Waals surface area contributed by atoms with Crippen molar-refractivity contribution in [3.05, 3.63) is 0 Å². The lowest BCUT2D eigenvalue weighted by molar-refractivity contribution is -0.139. The zero-order chi connectivity index (χ0) is 12.8. The molecule has 3 unspecified atom stereocenters. The molecule has 0 aromatic heterocycles. The summed E-state index contributed by atoms with van der Waals surface area (Å²) in [5.41, 5.74) is 0. The molecule has 1 rings (SSSR count). The van der Waals surface area contributed by atoms with Crippen LogP contribution in [0.1, 0.15) is 46.0 Å². The average molecular weight is 243 g/mol. The van der Waals surface area contributed by atoms with Crippen molar-refractivity contribution in [3.63, 3.8) is 0 Å². The Kier molecular flexibility index (Phi) is 5.92. The van der Waals surface area contributed by atoms with Gasteiger partial charge in [0, 0.05) is 19.2 Å². The second kappa shape index (κ2) is 6.97. The molecule has 0 aromatic rings. The zero-order valence-electron chi connectivity index (χ0n) is 11.2. The first kappa shape index (κ1) is 14.5. The third kappa shape index (κ3) is 3.96. The number of aliphatic carboxylic acids is 1. The quantitative estimate of drug-likeness (QED) is 0.776. The maximum atomic E-state index is 10.8. The van der Waals surface area contributed by atoms with E-state index in [2.05, 4.69) is 11.8 Å². The molecule has 100 valence electrons. The van der Waals surface area contributed by atoms with Gasteiger partial charge in [-0.15, -0.1) is 0 Å². The molecule has 4 heteroatoms. The van der Waals surface area contributed by atoms with E-state index in [1.807, 2.05) is 6.92 Å². The Balaban J connectivity index is 2.66. The lowest BCUT2D eigenvalue weighted by Crippen LogP contribution is -2.50. The van der Waals surface area contributed by atoms with Gasteiger partial charge in [-0.3, -0.25) is 9.69 Å². The summed E-state index contributed by atoms with van der Waals surface area (Å²) in [4.78, 5) is 13.1. The fourth-order valence-electron chi connectivity index (χ4n) is 2.97. The molecule has 17 heavy (non-hydrogen) atoms. The molecule has 1 fully saturated rings. The lowest BCUT2D eigenvalue weighted by Gasteiger charge is -2.41. The predicted octanol–water partition coefficient (Wildman–Crippen LogP) is 2.13. The number of carboxylic acid groups (broad SMARTS) is 1. The molecular formula is C13H25NO3. The maximum Gasteiger partial charge on any atom is 0.304 e. The fraction of sp³-hybridized carbons (Fsp3) is 0.923. The largest absolute Gasteiger partial charge is 0.481 e. The number of methoxy groups -OCH3 is 1. The van der Waals surface area contributed by atoms with Crippen molar-refractivity contribution in [2.24, 2.45) is 0 Å². The number of ether oxygens (including phenoxy) is 1. The standard InChI is InChI=1S/C13H25NO3/c1-4-14(10(2)9-13(15)16)11-7-5-6-8-12(11)17-3/h10-12H,4-9H2,1-3H3,(H,15,16). The summed E-state index contributed by atoms with van der Waals surface area (Å²) in [5, 5.41) is 8.89. The summed E-state index contributed by atoms with van der Waals surface area (Å²) in [5.74, 6) is -0.722. The molecule has 0 radical (unpaired) electrons. The lowest BCUT2D eigenvalue weighted by atomic mass is 9.90. The molecule has 0 saturated heterocycles. The SMILES string of the molecule is CCN(C(C)CC(=O)O)C1CCCCC1OC. The highest BCUT2D eigenvalue weighted by Crippen LogP contribution is 2.27. The normalized spacial score (nSPS) is 27.1. The summed E-state index contributed by atoms with van der Waals surface area (Å²) < 4.78 is 5.55. The van der Waals surface area contributed by atoms with E-state index < -0.39 is 5.97 Å². The van der Waals surface area contributed by atoms with Gasteiger partial charge in [0.1, 0.15) is 0 Å². The Labute approximate surface area is 104 Å². The molecule has 0 bridgehead atoms. The summed E-state index contributed by atoms with van der Waals surface area (Å²) in [6.45, 7) is 4.98. The Morgan fingerprint density at radius 2 is 2.12 bits per heavy atom. The molecular weight excluding hydrogens is 218 g/mol. The highest BCUT2D eigenvalue weighted by molar-refractivity contribution is 5.67. The van der Waals surface area contributed by atoms with E-state index in [-0.39, 0.29) is 18.6 Å². The van der Waals surface area contributed by atoms with Crippen LogP contribution in [-0.2, 0) is 9.53 Å². The molecule has 0 aromatic carbocycles. The molecule has 4 nitrogen and oxygen atoms in total. The Morgan fingerprint density at radius 3 is 2.65 bits per heavy atom. The number of rotatable bonds is 6. The first-order chi connectivity index (χ1) is 8.10. The number of nitrogens with zero attached hydrogens (tertiary/aromatic N) is 1. The highest BCUT2D eigenvalue weighted by atomic mass is 16.5. The van der Waals surface area contributed by atoms with E-state index in [4.69, 9.17) is 9.84 Å². The summed E-state index contributed by atoms with van der Waals surface area (Å²) >= 11 is 0. The smallest absolute Gasteiger partial charge is 0.304 e. The van der Waals surface area contributed by atoms with Crippen LogP contribution < -0.4 is 0 Å². The van der Waals surface area contributed by atoms with Gasteiger partial charge in [-0.2, -0.15) is 0 Å². The molecule has 1 aliphatic rings. The zero-order valence-corrected chi connectivity index (χ0v) is 11.2. The van der Waals surface area contributed by atoms with Crippen molar-refractivity contribution in [2.75, 3.05) is 13.7 Å². The molecule has 1 aliphatic carbocycles. The number of likely N-dealkylation sites (N-methyl/N-ethyl adjacent to an activating group) is 1. The maximum absolute atomic E-state index is 10.8. The number of hydrogen-bond acceptors (Lipinski definition) is 3. The van der Waals surface area contributed by atoms with Crippen LogP contribution in [0.4, 0.5) is 0 Å². The van der Waals surface area contributed by atoms with Crippen molar-refractivity contribution in [1.82, 2.24) is 4.90 Å². The fourth-order valence-corrected chi connectivity index (χ4v) is 2.97. The first-order valence-electron chi connectivity index (χ1n) is 6.60. The number of carbonyl (C=O) groups is 1. The molecule has 1 saturated carbocycles. The van der Waals surface area contributed by atoms with E-state index in [0.717, 1.165) is 19.4 Å². The monoisotopic (exact) mass is 243 g/mol. The molecule has 1 N–H and O–H groups in total. The summed E-state index contributed by atoms with van der Waals surface area (Å²) in [6.07, 6.45) is 5.13. The molecule has 0 aliphatic heterocycles. The molecule has 3 atom stereocenters. The second-order valence-corrected chi connectivity index (χ2v) is 4.90. The molecule has 0 amide bonds. The molecule has 0 spiro atoms. The molecule has 0 heterocycles. The second-order valence-electron chi connectivity index (χ2n) is 4.90. The van der Waals surface area contributed by atoms with Gasteiger partial charge in [-0.25, -0.2) is 0 Å². The Bertz CT molecular complexity index is 245. The van der Waals surface area contributed by atoms with Crippen molar-refractivity contribution in [1.29, 1.82) is 0 Å². The van der Waals surface area contributed by atoms with E-state index >= 15 is 0 Å². The third-order valence-electron chi connectivity index (χ3n) is 3.80. The minimum absolute atomic E-state index is 0.0817. The van der Waals surface area contributed by atoms with Crippen LogP contribution in [0.25, 0.3) is 0 Å². The van der Waals surface area contributed by atoms with Gasteiger partial charge < -0.3 is 9.84 Å². The van der Waals surface area contributed by atoms with Crippen LogP contribution in [0.3, 0.4) is 0 Å². The average Bonchev–Trinajstić information content (AvgIpc) is 2.29. The first-order valence-corrected chi connectivity index (χ1v) is 6.60. The van der Waals surface area contributed by atoms with Crippen LogP contribution in [0.15, 0.2) is 0 Å². The Hall–Kier alpha value is -0.610. The number of hydrogen-bond donors (Lipinski definition) is 1. The van der Waals surface area contributed by atoms with Crippen LogP contribution in [0.2, 0.25) is 0 Å². The van der Waals surface area contributed by atoms with Crippen LogP contribution >= 0.6 is 0 Å². The minimum atomic E-state index is -0.722. The Morgan fingerprint density at radius 1 is 1.47 bits per heavy atom. The van der Waals surface area contributed by atoms with Crippen molar-refractivity contribution in [3.8, 4) is 0 Å². The van der Waals surface area contributed by atoms with Crippen LogP contribution in [0, 0.1) is 0 Å². The van der Waals surface area contributed by atoms with Gasteiger partial charge in [0.05, 0.1) is 12.5 Å². The van der Waals surface area contributed by atoms with Gasteiger partial charge in [0.15, 0.2) is 0 Å². The summed E-state index contributed by atoms with van der Waals surface area (Å²) in [7, 11) is 1.76. The van der Waals surface area contributed by atoms with E-state index in [1.54, 1.807) is 7.11 Å². The topological polar surface area (TPSA) is 49.8 Å². The van der Waals surface area contributed by atoms with Crippen LogP contribution in [-0.4, -0.2) is 47.8 Å². The van der Waals surface area contributed by atoms with E-state index in [9.17, 15) is 4.79 Å². The van der Waals surface area contributed by atoms with Gasteiger partial charge in [-0.1, -0.05) is 19.8 Å². The van der Waals surface area contributed by atoms with Crippen LogP contribution in [0.5, 0.6) is 0 Å². The highest BCUT2D eigenvalue weighted by Gasteiger charge is 2.32. The van der Waals surface area contributed by atoms with E-state index in [0.29, 0.717) is 6.04 Å². The van der Waals surface area contributed by atoms with Gasteiger partial charge >= 0.3 is 5.97 Å². The predicted molar refractivity (Wildman–Crippen MR) is 67.1 cm³/mol. The van der Waals surface area contributed by atoms with Gasteiger partial charge in [0.25, 0.3) is 0 Å². The van der Waals surface area contributed by atoms with Crippen molar-refractivity contribution in [2.45, 2.75) is 64.1 Å². The minimum Gasteiger partial charge on any atom is -0.481 e.